The number of Topliss-reactive ketones (excluding diaryl/α,β-unsaturated/α-hetero) is 1. The van der Waals surface area contributed by atoms with Crippen LogP contribution in [-0.4, -0.2) is 43.6 Å². The zero-order valence-corrected chi connectivity index (χ0v) is 22.9. The van der Waals surface area contributed by atoms with Gasteiger partial charge in [0.1, 0.15) is 11.6 Å². The quantitative estimate of drug-likeness (QED) is 0.385. The Morgan fingerprint density at radius 3 is 2.43 bits per heavy atom. The Hall–Kier alpha value is -4.37. The summed E-state index contributed by atoms with van der Waals surface area (Å²) in [5.74, 6) is -0.493. The van der Waals surface area contributed by atoms with Crippen LogP contribution in [0, 0.1) is 22.7 Å². The standard InChI is InChI=1S/C28H24F3N5O5S/c1-42(40,41)22-12-16(14-32)8-9-19(22)24-23-20(6-3-7-21(23)37)35(18-5-2-4-17(13-18)28(29,30)31)26(39)36(24)25(38)34-27(15-33)10-11-27/h2,4-5,8-9,12-13,24,40-41H,3,6-7,10-11H2,1H3,(H,34,38)/t24-/m1/s1. The lowest BCUT2D eigenvalue weighted by Gasteiger charge is -2.45. The SMILES string of the molecule is CS(O)(O)c1cc(C#N)ccc1[C@@H]1C2=C(CCCC2=O)N(c2cccc(C(F)(F)F)c2)C(=O)N1C(=O)NC1(C#N)CC1. The third kappa shape index (κ3) is 5.09. The summed E-state index contributed by atoms with van der Waals surface area (Å²) in [5, 5.41) is 21.5. The summed E-state index contributed by atoms with van der Waals surface area (Å²) >= 11 is 0. The van der Waals surface area contributed by atoms with Gasteiger partial charge in [-0.15, -0.1) is 0 Å². The molecule has 1 aliphatic heterocycles. The van der Waals surface area contributed by atoms with Crippen molar-refractivity contribution in [3.8, 4) is 12.1 Å². The number of carbonyl (C=O) groups is 3. The van der Waals surface area contributed by atoms with E-state index in [9.17, 15) is 47.2 Å². The van der Waals surface area contributed by atoms with Crippen LogP contribution in [-0.2, 0) is 11.0 Å². The van der Waals surface area contributed by atoms with Gasteiger partial charge >= 0.3 is 18.2 Å². The molecule has 0 saturated heterocycles. The summed E-state index contributed by atoms with van der Waals surface area (Å²) in [5.41, 5.74) is -2.52. The smallest absolute Gasteiger partial charge is 0.319 e. The maximum absolute atomic E-state index is 14.3. The van der Waals surface area contributed by atoms with Crippen LogP contribution >= 0.6 is 10.6 Å². The molecule has 0 aromatic heterocycles. The van der Waals surface area contributed by atoms with Crippen molar-refractivity contribution in [1.82, 2.24) is 10.2 Å². The van der Waals surface area contributed by atoms with Crippen molar-refractivity contribution < 1.29 is 36.7 Å². The molecular formula is C28H24F3N5O5S. The lowest BCUT2D eigenvalue weighted by Crippen LogP contribution is -2.58. The second kappa shape index (κ2) is 10.2. The Labute approximate surface area is 240 Å². The van der Waals surface area contributed by atoms with Crippen molar-refractivity contribution >= 4 is 34.1 Å². The average molecular weight is 600 g/mol. The van der Waals surface area contributed by atoms with E-state index in [1.54, 1.807) is 0 Å². The molecule has 2 aromatic carbocycles. The highest BCUT2D eigenvalue weighted by molar-refractivity contribution is 8.23. The van der Waals surface area contributed by atoms with E-state index < -0.39 is 51.8 Å². The highest BCUT2D eigenvalue weighted by Crippen LogP contribution is 2.53. The number of carbonyl (C=O) groups excluding carboxylic acids is 3. The van der Waals surface area contributed by atoms with E-state index >= 15 is 0 Å². The number of hydrogen-bond donors (Lipinski definition) is 3. The molecule has 4 amide bonds. The van der Waals surface area contributed by atoms with Crippen LogP contribution in [0.25, 0.3) is 0 Å². The van der Waals surface area contributed by atoms with Gasteiger partial charge in [0.15, 0.2) is 5.78 Å². The lowest BCUT2D eigenvalue weighted by molar-refractivity contribution is -0.137. The van der Waals surface area contributed by atoms with Gasteiger partial charge in [-0.3, -0.25) is 18.8 Å². The zero-order chi connectivity index (χ0) is 30.6. The lowest BCUT2D eigenvalue weighted by atomic mass is 9.83. The minimum Gasteiger partial charge on any atom is -0.319 e. The van der Waals surface area contributed by atoms with E-state index in [-0.39, 0.29) is 52.2 Å². The van der Waals surface area contributed by atoms with Crippen LogP contribution < -0.4 is 10.2 Å². The molecular weight excluding hydrogens is 575 g/mol. The van der Waals surface area contributed by atoms with Gasteiger partial charge in [0.25, 0.3) is 0 Å². The molecule has 3 aliphatic rings. The van der Waals surface area contributed by atoms with E-state index in [1.165, 1.54) is 24.3 Å². The summed E-state index contributed by atoms with van der Waals surface area (Å²) in [4.78, 5) is 43.0. The maximum atomic E-state index is 14.3. The molecule has 2 aliphatic carbocycles. The van der Waals surface area contributed by atoms with Crippen LogP contribution in [0.4, 0.5) is 28.4 Å². The number of ketones is 1. The van der Waals surface area contributed by atoms with Crippen LogP contribution in [0.3, 0.4) is 0 Å². The van der Waals surface area contributed by atoms with Crippen molar-refractivity contribution in [2.24, 2.45) is 0 Å². The van der Waals surface area contributed by atoms with Gasteiger partial charge in [0, 0.05) is 29.5 Å². The number of nitrogens with one attached hydrogen (secondary N) is 1. The minimum absolute atomic E-state index is 0.00549. The molecule has 0 spiro atoms. The Morgan fingerprint density at radius 1 is 1.12 bits per heavy atom. The number of alkyl halides is 3. The van der Waals surface area contributed by atoms with Gasteiger partial charge in [0.05, 0.1) is 33.8 Å². The largest absolute Gasteiger partial charge is 0.416 e. The highest BCUT2D eigenvalue weighted by Gasteiger charge is 2.52. The first-order valence-electron chi connectivity index (χ1n) is 12.8. The number of hydrogen-bond acceptors (Lipinski definition) is 7. The molecule has 1 heterocycles. The average Bonchev–Trinajstić information content (AvgIpc) is 3.71. The van der Waals surface area contributed by atoms with Crippen molar-refractivity contribution in [3.05, 3.63) is 70.4 Å². The van der Waals surface area contributed by atoms with Crippen molar-refractivity contribution in [1.29, 1.82) is 10.5 Å². The van der Waals surface area contributed by atoms with Crippen molar-refractivity contribution in [2.75, 3.05) is 11.2 Å². The third-order valence-corrected chi connectivity index (χ3v) is 8.63. The van der Waals surface area contributed by atoms with Crippen LogP contribution in [0.5, 0.6) is 0 Å². The van der Waals surface area contributed by atoms with Crippen molar-refractivity contribution in [3.63, 3.8) is 0 Å². The molecule has 1 atom stereocenters. The second-order valence-electron chi connectivity index (χ2n) is 10.4. The summed E-state index contributed by atoms with van der Waals surface area (Å²) < 4.78 is 62.3. The predicted molar refractivity (Wildman–Crippen MR) is 144 cm³/mol. The first-order valence-corrected chi connectivity index (χ1v) is 14.7. The normalized spacial score (nSPS) is 20.4. The van der Waals surface area contributed by atoms with Crippen molar-refractivity contribution in [2.45, 2.75) is 54.8 Å². The van der Waals surface area contributed by atoms with Crippen LogP contribution in [0.2, 0.25) is 0 Å². The maximum Gasteiger partial charge on any atom is 0.416 e. The third-order valence-electron chi connectivity index (χ3n) is 7.44. The number of nitriles is 2. The Morgan fingerprint density at radius 2 is 1.83 bits per heavy atom. The number of anilines is 1. The topological polar surface area (TPSA) is 158 Å². The molecule has 42 heavy (non-hydrogen) atoms. The molecule has 0 radical (unpaired) electrons. The number of urea groups is 2. The summed E-state index contributed by atoms with van der Waals surface area (Å²) in [6.07, 6.45) is -2.68. The Balaban J connectivity index is 1.79. The monoisotopic (exact) mass is 599 g/mol. The highest BCUT2D eigenvalue weighted by atomic mass is 32.3. The number of rotatable bonds is 4. The summed E-state index contributed by atoms with van der Waals surface area (Å²) in [7, 11) is -3.60. The Bertz CT molecular complexity index is 1630. The van der Waals surface area contributed by atoms with Gasteiger partial charge in [0.2, 0.25) is 0 Å². The molecule has 2 aromatic rings. The molecule has 0 unspecified atom stereocenters. The molecule has 218 valence electrons. The van der Waals surface area contributed by atoms with Gasteiger partial charge in [-0.1, -0.05) is 12.1 Å². The van der Waals surface area contributed by atoms with Crippen LogP contribution in [0.1, 0.15) is 54.8 Å². The predicted octanol–water partition coefficient (Wildman–Crippen LogP) is 6.07. The van der Waals surface area contributed by atoms with Gasteiger partial charge < -0.3 is 5.32 Å². The first-order chi connectivity index (χ1) is 19.7. The Kier molecular flexibility index (Phi) is 7.05. The number of benzene rings is 2. The van der Waals surface area contributed by atoms with Gasteiger partial charge in [-0.2, -0.15) is 34.3 Å². The fourth-order valence-corrected chi connectivity index (χ4v) is 6.23. The molecule has 1 fully saturated rings. The van der Waals surface area contributed by atoms with E-state index in [4.69, 9.17) is 0 Å². The molecule has 5 rings (SSSR count). The van der Waals surface area contributed by atoms with E-state index in [0.717, 1.165) is 29.4 Å². The zero-order valence-electron chi connectivity index (χ0n) is 22.1. The summed E-state index contributed by atoms with van der Waals surface area (Å²) in [6.45, 7) is 0. The molecule has 3 N–H and O–H groups in total. The van der Waals surface area contributed by atoms with E-state index in [1.807, 2.05) is 12.1 Å². The number of amides is 4. The fraction of sp³-hybridized carbons (Fsp3) is 0.321. The molecule has 0 bridgehead atoms. The van der Waals surface area contributed by atoms with Crippen LogP contribution in [0.15, 0.2) is 58.6 Å². The van der Waals surface area contributed by atoms with E-state index in [2.05, 4.69) is 5.32 Å². The first kappa shape index (κ1) is 29.1. The molecule has 1 saturated carbocycles. The summed E-state index contributed by atoms with van der Waals surface area (Å²) in [6, 6.07) is 7.91. The molecule has 14 heteroatoms. The minimum atomic E-state index is -4.74. The second-order valence-corrected chi connectivity index (χ2v) is 12.5. The fourth-order valence-electron chi connectivity index (χ4n) is 5.26. The van der Waals surface area contributed by atoms with Gasteiger partial charge in [-0.25, -0.2) is 14.5 Å². The van der Waals surface area contributed by atoms with Gasteiger partial charge in [-0.05, 0) is 56.0 Å². The molecule has 10 nitrogen and oxygen atoms in total. The number of allylic oxidation sites excluding steroid dienone is 1. The number of imide groups is 1. The number of halogens is 3. The number of nitrogens with zero attached hydrogens (tertiary/aromatic N) is 4. The van der Waals surface area contributed by atoms with E-state index in [0.29, 0.717) is 17.7 Å².